The van der Waals surface area contributed by atoms with E-state index < -0.39 is 0 Å². The number of rotatable bonds is 5. The van der Waals surface area contributed by atoms with Crippen LogP contribution < -0.4 is 5.73 Å². The van der Waals surface area contributed by atoms with E-state index in [1.807, 2.05) is 12.5 Å². The van der Waals surface area contributed by atoms with Gasteiger partial charge in [-0.05, 0) is 32.1 Å². The summed E-state index contributed by atoms with van der Waals surface area (Å²) in [6.45, 7) is 8.49. The molecule has 0 atom stereocenters. The first kappa shape index (κ1) is 15.5. The molecule has 0 bridgehead atoms. The molecule has 1 aromatic heterocycles. The summed E-state index contributed by atoms with van der Waals surface area (Å²) in [5, 5.41) is 0. The van der Waals surface area contributed by atoms with Crippen molar-refractivity contribution < 1.29 is 4.74 Å². The number of nitrogens with two attached hydrogens (primary N) is 1. The number of nitrogens with zero attached hydrogens (tertiary/aromatic N) is 2. The number of imidazole rings is 1. The molecule has 0 aliphatic heterocycles. The van der Waals surface area contributed by atoms with Crippen molar-refractivity contribution in [1.82, 2.24) is 9.55 Å². The Morgan fingerprint density at radius 2 is 2.00 bits per heavy atom. The normalized spacial score (nSPS) is 24.0. The topological polar surface area (TPSA) is 53.1 Å². The molecule has 0 unspecified atom stereocenters. The molecule has 0 amide bonds. The Labute approximate surface area is 122 Å². The van der Waals surface area contributed by atoms with Gasteiger partial charge in [0.25, 0.3) is 0 Å². The fourth-order valence-electron chi connectivity index (χ4n) is 2.86. The number of aryl methyl sites for hydroxylation is 1. The minimum absolute atomic E-state index is 0.150. The summed E-state index contributed by atoms with van der Waals surface area (Å²) in [6.07, 6.45) is 9.85. The molecule has 1 heterocycles. The van der Waals surface area contributed by atoms with Crippen LogP contribution in [0, 0.1) is 0 Å². The zero-order valence-corrected chi connectivity index (χ0v) is 13.1. The highest BCUT2D eigenvalue weighted by atomic mass is 16.5. The summed E-state index contributed by atoms with van der Waals surface area (Å²) in [5.74, 6) is 0. The molecule has 0 saturated heterocycles. The van der Waals surface area contributed by atoms with Crippen LogP contribution in [0.25, 0.3) is 0 Å². The minimum atomic E-state index is 0.150. The molecule has 2 N–H and O–H groups in total. The Hall–Kier alpha value is -0.870. The predicted octanol–water partition coefficient (Wildman–Crippen LogP) is 2.86. The van der Waals surface area contributed by atoms with Gasteiger partial charge in [0.2, 0.25) is 0 Å². The first-order chi connectivity index (χ1) is 9.47. The van der Waals surface area contributed by atoms with Gasteiger partial charge in [0.1, 0.15) is 0 Å². The van der Waals surface area contributed by atoms with Crippen molar-refractivity contribution in [3.05, 3.63) is 18.2 Å². The predicted molar refractivity (Wildman–Crippen MR) is 81.7 cm³/mol. The molecule has 0 aromatic carbocycles. The van der Waals surface area contributed by atoms with Gasteiger partial charge >= 0.3 is 0 Å². The third kappa shape index (κ3) is 4.32. The summed E-state index contributed by atoms with van der Waals surface area (Å²) in [6, 6.07) is 0.398. The number of hydrogen-bond acceptors (Lipinski definition) is 3. The van der Waals surface area contributed by atoms with E-state index in [0.29, 0.717) is 12.1 Å². The van der Waals surface area contributed by atoms with E-state index in [-0.39, 0.29) is 5.41 Å². The highest BCUT2D eigenvalue weighted by Gasteiger charge is 2.20. The van der Waals surface area contributed by atoms with Gasteiger partial charge in [0.05, 0.1) is 12.4 Å². The van der Waals surface area contributed by atoms with Crippen molar-refractivity contribution in [3.63, 3.8) is 0 Å². The Morgan fingerprint density at radius 3 is 2.65 bits per heavy atom. The molecule has 1 fully saturated rings. The van der Waals surface area contributed by atoms with Crippen LogP contribution >= 0.6 is 0 Å². The third-order valence-corrected chi connectivity index (χ3v) is 4.10. The second-order valence-electron chi connectivity index (χ2n) is 6.98. The van der Waals surface area contributed by atoms with Crippen LogP contribution in [0.1, 0.15) is 58.6 Å². The summed E-state index contributed by atoms with van der Waals surface area (Å²) >= 11 is 0. The van der Waals surface area contributed by atoms with E-state index in [1.54, 1.807) is 0 Å². The SMILES string of the molecule is CC(C)(C)c1cncn1CCCOC1CCC(N)CC1. The van der Waals surface area contributed by atoms with Crippen molar-refractivity contribution in [2.45, 2.75) is 77.0 Å². The summed E-state index contributed by atoms with van der Waals surface area (Å²) in [7, 11) is 0. The monoisotopic (exact) mass is 279 g/mol. The Bertz CT molecular complexity index is 400. The molecule has 1 aliphatic carbocycles. The molecular weight excluding hydrogens is 250 g/mol. The smallest absolute Gasteiger partial charge is 0.0948 e. The van der Waals surface area contributed by atoms with Crippen LogP contribution in [0.5, 0.6) is 0 Å². The summed E-state index contributed by atoms with van der Waals surface area (Å²) in [4.78, 5) is 4.27. The van der Waals surface area contributed by atoms with Gasteiger partial charge in [-0.3, -0.25) is 0 Å². The molecule has 4 heteroatoms. The first-order valence-electron chi connectivity index (χ1n) is 7.84. The molecule has 114 valence electrons. The lowest BCUT2D eigenvalue weighted by molar-refractivity contribution is 0.0224. The average molecular weight is 279 g/mol. The van der Waals surface area contributed by atoms with Crippen molar-refractivity contribution >= 4 is 0 Å². The Kier molecular flexibility index (Phi) is 5.22. The fourth-order valence-corrected chi connectivity index (χ4v) is 2.86. The third-order valence-electron chi connectivity index (χ3n) is 4.10. The Morgan fingerprint density at radius 1 is 1.30 bits per heavy atom. The van der Waals surface area contributed by atoms with Crippen molar-refractivity contribution in [2.75, 3.05) is 6.61 Å². The second-order valence-corrected chi connectivity index (χ2v) is 6.98. The molecule has 0 radical (unpaired) electrons. The molecule has 4 nitrogen and oxygen atoms in total. The van der Waals surface area contributed by atoms with Crippen LogP contribution in [0.15, 0.2) is 12.5 Å². The number of ether oxygens (including phenoxy) is 1. The zero-order valence-electron chi connectivity index (χ0n) is 13.1. The van der Waals surface area contributed by atoms with Gasteiger partial charge < -0.3 is 15.0 Å². The fraction of sp³-hybridized carbons (Fsp3) is 0.812. The maximum absolute atomic E-state index is 5.97. The number of aromatic nitrogens is 2. The van der Waals surface area contributed by atoms with E-state index in [1.165, 1.54) is 5.69 Å². The standard InChI is InChI=1S/C16H29N3O/c1-16(2,3)15-11-18-12-19(15)9-4-10-20-14-7-5-13(17)6-8-14/h11-14H,4-10,17H2,1-3H3. The van der Waals surface area contributed by atoms with Crippen molar-refractivity contribution in [2.24, 2.45) is 5.73 Å². The quantitative estimate of drug-likeness (QED) is 0.843. The van der Waals surface area contributed by atoms with E-state index in [9.17, 15) is 0 Å². The van der Waals surface area contributed by atoms with E-state index in [0.717, 1.165) is 45.3 Å². The Balaban J connectivity index is 1.70. The molecule has 1 saturated carbocycles. The van der Waals surface area contributed by atoms with Gasteiger partial charge in [-0.15, -0.1) is 0 Å². The maximum Gasteiger partial charge on any atom is 0.0948 e. The van der Waals surface area contributed by atoms with Gasteiger partial charge in [-0.25, -0.2) is 4.98 Å². The van der Waals surface area contributed by atoms with Gasteiger partial charge in [0.15, 0.2) is 0 Å². The van der Waals surface area contributed by atoms with E-state index in [2.05, 4.69) is 30.3 Å². The second kappa shape index (κ2) is 6.72. The molecular formula is C16H29N3O. The summed E-state index contributed by atoms with van der Waals surface area (Å²) in [5.41, 5.74) is 7.35. The van der Waals surface area contributed by atoms with Gasteiger partial charge in [-0.1, -0.05) is 20.8 Å². The van der Waals surface area contributed by atoms with Crippen LogP contribution in [-0.2, 0) is 16.7 Å². The first-order valence-corrected chi connectivity index (χ1v) is 7.84. The van der Waals surface area contributed by atoms with Crippen molar-refractivity contribution in [3.8, 4) is 0 Å². The highest BCUT2D eigenvalue weighted by molar-refractivity contribution is 5.10. The average Bonchev–Trinajstić information content (AvgIpc) is 2.85. The minimum Gasteiger partial charge on any atom is -0.378 e. The molecule has 20 heavy (non-hydrogen) atoms. The summed E-state index contributed by atoms with van der Waals surface area (Å²) < 4.78 is 8.22. The molecule has 0 spiro atoms. The lowest BCUT2D eigenvalue weighted by atomic mass is 9.92. The molecule has 1 aromatic rings. The van der Waals surface area contributed by atoms with Gasteiger partial charge in [0, 0.05) is 36.5 Å². The van der Waals surface area contributed by atoms with Crippen LogP contribution in [0.4, 0.5) is 0 Å². The van der Waals surface area contributed by atoms with E-state index in [4.69, 9.17) is 10.5 Å². The van der Waals surface area contributed by atoms with Crippen molar-refractivity contribution in [1.29, 1.82) is 0 Å². The zero-order chi connectivity index (χ0) is 14.6. The van der Waals surface area contributed by atoms with Crippen LogP contribution in [-0.4, -0.2) is 28.3 Å². The molecule has 2 rings (SSSR count). The lowest BCUT2D eigenvalue weighted by Gasteiger charge is -2.26. The lowest BCUT2D eigenvalue weighted by Crippen LogP contribution is -2.30. The highest BCUT2D eigenvalue weighted by Crippen LogP contribution is 2.22. The van der Waals surface area contributed by atoms with E-state index >= 15 is 0 Å². The number of hydrogen-bond donors (Lipinski definition) is 1. The van der Waals surface area contributed by atoms with Gasteiger partial charge in [-0.2, -0.15) is 0 Å². The van der Waals surface area contributed by atoms with Crippen LogP contribution in [0.2, 0.25) is 0 Å². The molecule has 1 aliphatic rings. The maximum atomic E-state index is 5.97. The largest absolute Gasteiger partial charge is 0.378 e. The van der Waals surface area contributed by atoms with Crippen LogP contribution in [0.3, 0.4) is 0 Å².